The van der Waals surface area contributed by atoms with E-state index in [0.29, 0.717) is 6.42 Å². The van der Waals surface area contributed by atoms with Crippen molar-refractivity contribution < 1.29 is 13.6 Å². The second-order valence-electron chi connectivity index (χ2n) is 6.39. The summed E-state index contributed by atoms with van der Waals surface area (Å²) in [6.45, 7) is 1.36. The van der Waals surface area contributed by atoms with Crippen molar-refractivity contribution >= 4 is 22.7 Å². The third-order valence-electron chi connectivity index (χ3n) is 4.59. The number of nitrogens with one attached hydrogen (secondary N) is 2. The molecule has 7 heteroatoms. The van der Waals surface area contributed by atoms with Gasteiger partial charge in [0, 0.05) is 24.8 Å². The molecule has 0 saturated carbocycles. The SMILES string of the molecule is CC(=O)NC1(SC(=N)c2cc(F)ccc2F)c2ccccc2CC1CC#N. The fourth-order valence-electron chi connectivity index (χ4n) is 3.50. The standard InChI is InChI=1S/C20H17F2N3OS/c1-12(26)25-20(27-19(24)16-11-15(21)6-7-18(16)22)14(8-9-23)10-13-4-2-3-5-17(13)20/h2-7,11,14,24H,8,10H2,1H3,(H,25,26). The minimum Gasteiger partial charge on any atom is -0.337 e. The van der Waals surface area contributed by atoms with Crippen LogP contribution in [0, 0.1) is 34.3 Å². The van der Waals surface area contributed by atoms with Crippen LogP contribution in [0.25, 0.3) is 0 Å². The topological polar surface area (TPSA) is 76.7 Å². The van der Waals surface area contributed by atoms with E-state index < -0.39 is 16.5 Å². The summed E-state index contributed by atoms with van der Waals surface area (Å²) in [5, 5.41) is 20.3. The molecule has 0 heterocycles. The average Bonchev–Trinajstić information content (AvgIpc) is 2.90. The first-order valence-corrected chi connectivity index (χ1v) is 9.16. The van der Waals surface area contributed by atoms with E-state index in [1.54, 1.807) is 0 Å². The van der Waals surface area contributed by atoms with Crippen molar-refractivity contribution in [3.8, 4) is 6.07 Å². The van der Waals surface area contributed by atoms with Crippen LogP contribution in [0.15, 0.2) is 42.5 Å². The quantitative estimate of drug-likeness (QED) is 0.473. The largest absolute Gasteiger partial charge is 0.337 e. The summed E-state index contributed by atoms with van der Waals surface area (Å²) in [6.07, 6.45) is 0.705. The fourth-order valence-corrected chi connectivity index (χ4v) is 4.92. The van der Waals surface area contributed by atoms with Crippen LogP contribution in [0.4, 0.5) is 8.78 Å². The molecule has 0 saturated heterocycles. The van der Waals surface area contributed by atoms with Gasteiger partial charge >= 0.3 is 0 Å². The van der Waals surface area contributed by atoms with Gasteiger partial charge in [-0.25, -0.2) is 8.78 Å². The van der Waals surface area contributed by atoms with Crippen LogP contribution in [-0.4, -0.2) is 11.0 Å². The van der Waals surface area contributed by atoms with Crippen LogP contribution in [0.3, 0.4) is 0 Å². The van der Waals surface area contributed by atoms with Crippen molar-refractivity contribution in [1.82, 2.24) is 5.32 Å². The number of thioether (sulfide) groups is 1. The van der Waals surface area contributed by atoms with Gasteiger partial charge in [0.1, 0.15) is 16.5 Å². The lowest BCUT2D eigenvalue weighted by atomic mass is 9.96. The average molecular weight is 385 g/mol. The highest BCUT2D eigenvalue weighted by Gasteiger charge is 2.49. The number of nitriles is 1. The Balaban J connectivity index is 2.09. The van der Waals surface area contributed by atoms with Crippen molar-refractivity contribution in [2.24, 2.45) is 5.92 Å². The van der Waals surface area contributed by atoms with Gasteiger partial charge in [-0.1, -0.05) is 36.0 Å². The summed E-state index contributed by atoms with van der Waals surface area (Å²) in [4.78, 5) is 10.9. The molecule has 1 aliphatic rings. The van der Waals surface area contributed by atoms with E-state index in [-0.39, 0.29) is 28.9 Å². The Morgan fingerprint density at radius 2 is 2.11 bits per heavy atom. The summed E-state index contributed by atoms with van der Waals surface area (Å²) in [5.74, 6) is -1.99. The van der Waals surface area contributed by atoms with Crippen LogP contribution >= 0.6 is 11.8 Å². The van der Waals surface area contributed by atoms with Crippen molar-refractivity contribution in [1.29, 1.82) is 10.7 Å². The molecule has 0 aromatic heterocycles. The van der Waals surface area contributed by atoms with E-state index >= 15 is 0 Å². The van der Waals surface area contributed by atoms with Crippen LogP contribution in [0.1, 0.15) is 30.0 Å². The molecule has 2 unspecified atom stereocenters. The summed E-state index contributed by atoms with van der Waals surface area (Å²) in [5.41, 5.74) is 1.57. The molecule has 0 fully saturated rings. The van der Waals surface area contributed by atoms with Gasteiger partial charge < -0.3 is 5.32 Å². The van der Waals surface area contributed by atoms with Crippen LogP contribution in [0.5, 0.6) is 0 Å². The second-order valence-corrected chi connectivity index (χ2v) is 7.65. The van der Waals surface area contributed by atoms with Crippen molar-refractivity contribution in [2.75, 3.05) is 0 Å². The highest BCUT2D eigenvalue weighted by Crippen LogP contribution is 2.51. The number of nitrogens with zero attached hydrogens (tertiary/aromatic N) is 1. The monoisotopic (exact) mass is 385 g/mol. The lowest BCUT2D eigenvalue weighted by Crippen LogP contribution is -2.46. The molecule has 3 rings (SSSR count). The molecule has 1 amide bonds. The van der Waals surface area contributed by atoms with E-state index in [1.165, 1.54) is 6.92 Å². The summed E-state index contributed by atoms with van der Waals surface area (Å²) in [6, 6.07) is 12.5. The van der Waals surface area contributed by atoms with Gasteiger partial charge in [-0.05, 0) is 35.7 Å². The predicted octanol–water partition coefficient (Wildman–Crippen LogP) is 4.10. The predicted molar refractivity (Wildman–Crippen MR) is 100 cm³/mol. The highest BCUT2D eigenvalue weighted by molar-refractivity contribution is 8.15. The molecule has 138 valence electrons. The smallest absolute Gasteiger partial charge is 0.218 e. The molecule has 2 aromatic carbocycles. The molecule has 1 aliphatic carbocycles. The van der Waals surface area contributed by atoms with E-state index in [1.807, 2.05) is 24.3 Å². The number of benzene rings is 2. The van der Waals surface area contributed by atoms with Gasteiger partial charge in [-0.15, -0.1) is 0 Å². The minimum absolute atomic E-state index is 0.154. The maximum Gasteiger partial charge on any atom is 0.218 e. The molecular weight excluding hydrogens is 368 g/mol. The number of amides is 1. The van der Waals surface area contributed by atoms with Gasteiger partial charge in [0.05, 0.1) is 11.1 Å². The van der Waals surface area contributed by atoms with Gasteiger partial charge in [0.15, 0.2) is 0 Å². The van der Waals surface area contributed by atoms with Crippen molar-refractivity contribution in [2.45, 2.75) is 24.6 Å². The number of fused-ring (bicyclic) bond motifs is 1. The van der Waals surface area contributed by atoms with Gasteiger partial charge in [-0.3, -0.25) is 10.2 Å². The summed E-state index contributed by atoms with van der Waals surface area (Å²) >= 11 is 0.943. The second kappa shape index (κ2) is 7.49. The van der Waals surface area contributed by atoms with E-state index in [9.17, 15) is 18.8 Å². The molecule has 0 bridgehead atoms. The van der Waals surface area contributed by atoms with Crippen molar-refractivity contribution in [3.05, 3.63) is 70.8 Å². The minimum atomic E-state index is -1.09. The first-order chi connectivity index (χ1) is 12.9. The Hall–Kier alpha value is -2.72. The normalized spacial score (nSPS) is 20.6. The Bertz CT molecular complexity index is 956. The Labute approximate surface area is 160 Å². The van der Waals surface area contributed by atoms with E-state index in [2.05, 4.69) is 11.4 Å². The zero-order chi connectivity index (χ0) is 19.6. The number of halogens is 2. The van der Waals surface area contributed by atoms with Gasteiger partial charge in [-0.2, -0.15) is 5.26 Å². The highest BCUT2D eigenvalue weighted by atomic mass is 32.2. The molecule has 0 radical (unpaired) electrons. The maximum absolute atomic E-state index is 14.2. The molecular formula is C20H17F2N3OS. The molecule has 0 spiro atoms. The first kappa shape index (κ1) is 19.1. The van der Waals surface area contributed by atoms with Crippen LogP contribution in [0.2, 0.25) is 0 Å². The fraction of sp³-hybridized carbons (Fsp3) is 0.250. The van der Waals surface area contributed by atoms with Crippen molar-refractivity contribution in [3.63, 3.8) is 0 Å². The lowest BCUT2D eigenvalue weighted by molar-refractivity contribution is -0.120. The first-order valence-electron chi connectivity index (χ1n) is 8.34. The Morgan fingerprint density at radius 3 is 2.81 bits per heavy atom. The molecule has 0 aliphatic heterocycles. The number of rotatable bonds is 4. The number of hydrogen-bond acceptors (Lipinski definition) is 4. The zero-order valence-corrected chi connectivity index (χ0v) is 15.4. The van der Waals surface area contributed by atoms with E-state index in [0.717, 1.165) is 41.1 Å². The van der Waals surface area contributed by atoms with Crippen LogP contribution in [-0.2, 0) is 16.1 Å². The number of hydrogen-bond donors (Lipinski definition) is 2. The zero-order valence-electron chi connectivity index (χ0n) is 14.6. The molecule has 2 N–H and O–H groups in total. The third kappa shape index (κ3) is 3.58. The summed E-state index contributed by atoms with van der Waals surface area (Å²) in [7, 11) is 0. The third-order valence-corrected chi connectivity index (χ3v) is 6.00. The molecule has 2 atom stereocenters. The molecule has 27 heavy (non-hydrogen) atoms. The van der Waals surface area contributed by atoms with Gasteiger partial charge in [0.25, 0.3) is 0 Å². The Morgan fingerprint density at radius 1 is 1.37 bits per heavy atom. The van der Waals surface area contributed by atoms with Gasteiger partial charge in [0.2, 0.25) is 5.91 Å². The summed E-state index contributed by atoms with van der Waals surface area (Å²) < 4.78 is 27.7. The van der Waals surface area contributed by atoms with Crippen LogP contribution < -0.4 is 5.32 Å². The maximum atomic E-state index is 14.2. The molecule has 4 nitrogen and oxygen atoms in total. The number of carbonyl (C=O) groups is 1. The van der Waals surface area contributed by atoms with E-state index in [4.69, 9.17) is 5.41 Å². The number of carbonyl (C=O) groups excluding carboxylic acids is 1. The Kier molecular flexibility index (Phi) is 5.29. The molecule has 2 aromatic rings. The lowest BCUT2D eigenvalue weighted by Gasteiger charge is -2.36.